The molecule has 0 fully saturated rings. The molecule has 0 saturated heterocycles. The lowest BCUT2D eigenvalue weighted by Gasteiger charge is -2.37. The van der Waals surface area contributed by atoms with E-state index in [9.17, 15) is 18.4 Å². The van der Waals surface area contributed by atoms with Crippen LogP contribution < -0.4 is 4.74 Å². The molecule has 178 valence electrons. The Labute approximate surface area is 201 Å². The molecule has 0 unspecified atom stereocenters. The summed E-state index contributed by atoms with van der Waals surface area (Å²) >= 11 is 1.65. The average Bonchev–Trinajstić information content (AvgIpc) is 3.32. The summed E-state index contributed by atoms with van der Waals surface area (Å²) in [6.07, 6.45) is 1.40. The molecular formula is C26H26F2N2O3S. The van der Waals surface area contributed by atoms with Crippen LogP contribution in [0.25, 0.3) is 0 Å². The topological polar surface area (TPSA) is 49.9 Å². The van der Waals surface area contributed by atoms with E-state index in [1.807, 2.05) is 18.4 Å². The molecule has 1 aliphatic heterocycles. The van der Waals surface area contributed by atoms with Gasteiger partial charge in [-0.2, -0.15) is 0 Å². The van der Waals surface area contributed by atoms with Crippen molar-refractivity contribution in [1.82, 2.24) is 9.80 Å². The lowest BCUT2D eigenvalue weighted by Crippen LogP contribution is -2.48. The molecule has 0 aliphatic carbocycles. The molecule has 0 N–H and O–H groups in total. The van der Waals surface area contributed by atoms with Crippen LogP contribution in [0.4, 0.5) is 8.78 Å². The van der Waals surface area contributed by atoms with Crippen molar-refractivity contribution in [2.24, 2.45) is 0 Å². The largest absolute Gasteiger partial charge is 0.491 e. The van der Waals surface area contributed by atoms with Crippen LogP contribution in [0.1, 0.15) is 40.2 Å². The van der Waals surface area contributed by atoms with Gasteiger partial charge < -0.3 is 14.5 Å². The van der Waals surface area contributed by atoms with Crippen LogP contribution in [-0.4, -0.2) is 47.9 Å². The predicted octanol–water partition coefficient (Wildman–Crippen LogP) is 5.08. The summed E-state index contributed by atoms with van der Waals surface area (Å²) in [5.74, 6) is -0.886. The second-order valence-corrected chi connectivity index (χ2v) is 9.15. The second kappa shape index (κ2) is 10.8. The number of amides is 2. The van der Waals surface area contributed by atoms with Crippen molar-refractivity contribution < 1.29 is 23.1 Å². The predicted molar refractivity (Wildman–Crippen MR) is 127 cm³/mol. The Hall–Kier alpha value is -3.26. The van der Waals surface area contributed by atoms with E-state index in [2.05, 4.69) is 0 Å². The highest BCUT2D eigenvalue weighted by Gasteiger charge is 2.33. The maximum atomic E-state index is 13.7. The first kappa shape index (κ1) is 23.9. The fourth-order valence-corrected chi connectivity index (χ4v) is 5.09. The van der Waals surface area contributed by atoms with Crippen LogP contribution in [-0.2, 0) is 11.2 Å². The molecule has 1 atom stereocenters. The van der Waals surface area contributed by atoms with E-state index < -0.39 is 5.82 Å². The third-order valence-electron chi connectivity index (χ3n) is 5.82. The van der Waals surface area contributed by atoms with Gasteiger partial charge in [0.05, 0.1) is 6.04 Å². The summed E-state index contributed by atoms with van der Waals surface area (Å²) in [5, 5.41) is 2.00. The number of hydrogen-bond donors (Lipinski definition) is 0. The van der Waals surface area contributed by atoms with Crippen LogP contribution in [0.5, 0.6) is 5.75 Å². The molecule has 5 nitrogen and oxygen atoms in total. The monoisotopic (exact) mass is 484 g/mol. The highest BCUT2D eigenvalue weighted by Crippen LogP contribution is 2.34. The zero-order valence-corrected chi connectivity index (χ0v) is 19.7. The van der Waals surface area contributed by atoms with Gasteiger partial charge in [-0.1, -0.05) is 13.0 Å². The number of benzene rings is 2. The molecular weight excluding hydrogens is 458 g/mol. The first-order valence-corrected chi connectivity index (χ1v) is 12.1. The van der Waals surface area contributed by atoms with Crippen molar-refractivity contribution in [3.05, 3.63) is 87.6 Å². The summed E-state index contributed by atoms with van der Waals surface area (Å²) in [4.78, 5) is 30.9. The Kier molecular flexibility index (Phi) is 7.57. The maximum Gasteiger partial charge on any atom is 0.254 e. The lowest BCUT2D eigenvalue weighted by atomic mass is 10.0. The standard InChI is InChI=1S/C26H26F2N2O3S/c1-2-12-29(26(32)18-4-3-5-20(28)15-18)16-25(31)30-13-10-24-22(11-14-34-24)23(30)17-33-21-8-6-19(27)7-9-21/h3-9,11,14-15,23H,2,10,12-13,16-17H2,1H3/t23-/m1/s1. The van der Waals surface area contributed by atoms with Crippen molar-refractivity contribution in [1.29, 1.82) is 0 Å². The van der Waals surface area contributed by atoms with Crippen LogP contribution >= 0.6 is 11.3 Å². The molecule has 1 aliphatic rings. The van der Waals surface area contributed by atoms with E-state index in [1.165, 1.54) is 40.1 Å². The first-order chi connectivity index (χ1) is 16.5. The summed E-state index contributed by atoms with van der Waals surface area (Å²) in [5.41, 5.74) is 1.25. The Bertz CT molecular complexity index is 1150. The van der Waals surface area contributed by atoms with Gasteiger partial charge in [-0.15, -0.1) is 11.3 Å². The zero-order valence-electron chi connectivity index (χ0n) is 18.9. The van der Waals surface area contributed by atoms with E-state index in [-0.39, 0.29) is 42.4 Å². The second-order valence-electron chi connectivity index (χ2n) is 8.15. The normalized spacial score (nSPS) is 15.0. The molecule has 1 aromatic heterocycles. The summed E-state index contributed by atoms with van der Waals surface area (Å²) in [6, 6.07) is 13.0. The van der Waals surface area contributed by atoms with E-state index in [0.717, 1.165) is 12.0 Å². The molecule has 0 spiro atoms. The lowest BCUT2D eigenvalue weighted by molar-refractivity contribution is -0.135. The molecule has 34 heavy (non-hydrogen) atoms. The fourth-order valence-electron chi connectivity index (χ4n) is 4.16. The number of fused-ring (bicyclic) bond motifs is 1. The minimum Gasteiger partial charge on any atom is -0.491 e. The summed E-state index contributed by atoms with van der Waals surface area (Å²) in [7, 11) is 0. The van der Waals surface area contributed by atoms with Gasteiger partial charge in [0.2, 0.25) is 5.91 Å². The van der Waals surface area contributed by atoms with Crippen molar-refractivity contribution in [3.8, 4) is 5.75 Å². The van der Waals surface area contributed by atoms with E-state index in [1.54, 1.807) is 34.4 Å². The van der Waals surface area contributed by atoms with Gasteiger partial charge in [0.1, 0.15) is 30.5 Å². The van der Waals surface area contributed by atoms with E-state index in [4.69, 9.17) is 4.74 Å². The van der Waals surface area contributed by atoms with Crippen molar-refractivity contribution in [3.63, 3.8) is 0 Å². The SMILES string of the molecule is CCCN(CC(=O)N1CCc2sccc2[C@H]1COc1ccc(F)cc1)C(=O)c1cccc(F)c1. The smallest absolute Gasteiger partial charge is 0.254 e. The fraction of sp³-hybridized carbons (Fsp3) is 0.308. The van der Waals surface area contributed by atoms with E-state index in [0.29, 0.717) is 25.3 Å². The van der Waals surface area contributed by atoms with Gasteiger partial charge in [0.15, 0.2) is 0 Å². The van der Waals surface area contributed by atoms with Crippen LogP contribution in [0.2, 0.25) is 0 Å². The molecule has 4 rings (SSSR count). The number of thiophene rings is 1. The van der Waals surface area contributed by atoms with Crippen molar-refractivity contribution in [2.75, 3.05) is 26.2 Å². The number of halogens is 2. The number of ether oxygens (including phenoxy) is 1. The van der Waals surface area contributed by atoms with Crippen LogP contribution in [0, 0.1) is 11.6 Å². The minimum atomic E-state index is -0.493. The highest BCUT2D eigenvalue weighted by molar-refractivity contribution is 7.10. The molecule has 0 saturated carbocycles. The van der Waals surface area contributed by atoms with Crippen LogP contribution in [0.15, 0.2) is 60.0 Å². The molecule has 2 aromatic carbocycles. The third-order valence-corrected chi connectivity index (χ3v) is 6.81. The van der Waals surface area contributed by atoms with Gasteiger partial charge in [-0.25, -0.2) is 8.78 Å². The van der Waals surface area contributed by atoms with Crippen LogP contribution in [0.3, 0.4) is 0 Å². The Morgan fingerprint density at radius 1 is 1.12 bits per heavy atom. The quantitative estimate of drug-likeness (QED) is 0.448. The Morgan fingerprint density at radius 2 is 1.91 bits per heavy atom. The third kappa shape index (κ3) is 5.44. The van der Waals surface area contributed by atoms with Gasteiger partial charge in [0, 0.05) is 23.5 Å². The van der Waals surface area contributed by atoms with Gasteiger partial charge >= 0.3 is 0 Å². The molecule has 8 heteroatoms. The first-order valence-electron chi connectivity index (χ1n) is 11.2. The minimum absolute atomic E-state index is 0.101. The van der Waals surface area contributed by atoms with Gasteiger partial charge in [0.25, 0.3) is 5.91 Å². The Morgan fingerprint density at radius 3 is 2.65 bits per heavy atom. The Balaban J connectivity index is 1.51. The maximum absolute atomic E-state index is 13.7. The number of rotatable bonds is 8. The molecule has 3 aromatic rings. The summed E-state index contributed by atoms with van der Waals surface area (Å²) in [6.45, 7) is 2.93. The van der Waals surface area contributed by atoms with Crippen molar-refractivity contribution >= 4 is 23.2 Å². The zero-order chi connectivity index (χ0) is 24.1. The molecule has 2 amide bonds. The summed E-state index contributed by atoms with van der Waals surface area (Å²) < 4.78 is 32.8. The molecule has 0 radical (unpaired) electrons. The number of carbonyl (C=O) groups is 2. The number of hydrogen-bond acceptors (Lipinski definition) is 4. The average molecular weight is 485 g/mol. The molecule has 0 bridgehead atoms. The number of carbonyl (C=O) groups excluding carboxylic acids is 2. The number of nitrogens with zero attached hydrogens (tertiary/aromatic N) is 2. The van der Waals surface area contributed by atoms with Crippen molar-refractivity contribution in [2.45, 2.75) is 25.8 Å². The van der Waals surface area contributed by atoms with Gasteiger partial charge in [-0.3, -0.25) is 9.59 Å². The highest BCUT2D eigenvalue weighted by atomic mass is 32.1. The van der Waals surface area contributed by atoms with Gasteiger partial charge in [-0.05, 0) is 72.3 Å². The molecule has 2 heterocycles. The van der Waals surface area contributed by atoms with E-state index >= 15 is 0 Å².